The van der Waals surface area contributed by atoms with E-state index in [1.165, 1.54) is 12.1 Å². The fourth-order valence-corrected chi connectivity index (χ4v) is 3.56. The van der Waals surface area contributed by atoms with Crippen molar-refractivity contribution in [3.63, 3.8) is 0 Å². The van der Waals surface area contributed by atoms with Crippen molar-refractivity contribution in [2.24, 2.45) is 5.92 Å². The van der Waals surface area contributed by atoms with Crippen LogP contribution in [-0.2, 0) is 16.1 Å². The number of hydrogen-bond acceptors (Lipinski definition) is 3. The van der Waals surface area contributed by atoms with E-state index in [9.17, 15) is 18.4 Å². The number of carbonyl (C=O) groups excluding carboxylic acids is 2. The largest absolute Gasteiger partial charge is 0.353 e. The quantitative estimate of drug-likeness (QED) is 0.754. The van der Waals surface area contributed by atoms with Gasteiger partial charge in [-0.1, -0.05) is 19.1 Å². The molecule has 1 saturated heterocycles. The molecule has 148 valence electrons. The lowest BCUT2D eigenvalue weighted by Crippen LogP contribution is -2.56. The summed E-state index contributed by atoms with van der Waals surface area (Å²) in [6.07, 6.45) is 3.24. The van der Waals surface area contributed by atoms with Crippen molar-refractivity contribution in [1.29, 1.82) is 0 Å². The number of nitrogens with zero attached hydrogens (tertiary/aromatic N) is 2. The SMILES string of the molecule is CCCN(CC1CC1)C(=O)CC1C(=O)NCCN1Cc1cccc(F)c1F. The Bertz CT molecular complexity index is 694. The standard InChI is InChI=1S/C20H27F2N3O2/c1-2-9-25(12-14-6-7-14)18(26)11-17-20(27)23-8-10-24(17)13-15-4-3-5-16(21)19(15)22/h3-5,14,17H,2,6-13H2,1H3,(H,23,27). The van der Waals surface area contributed by atoms with Crippen LogP contribution < -0.4 is 5.32 Å². The molecule has 1 aliphatic carbocycles. The lowest BCUT2D eigenvalue weighted by Gasteiger charge is -2.36. The molecule has 1 saturated carbocycles. The highest BCUT2D eigenvalue weighted by Gasteiger charge is 2.34. The van der Waals surface area contributed by atoms with Gasteiger partial charge in [0.2, 0.25) is 11.8 Å². The van der Waals surface area contributed by atoms with Gasteiger partial charge in [0.15, 0.2) is 11.6 Å². The normalized spacial score (nSPS) is 20.4. The van der Waals surface area contributed by atoms with Crippen molar-refractivity contribution in [3.05, 3.63) is 35.4 Å². The summed E-state index contributed by atoms with van der Waals surface area (Å²) in [4.78, 5) is 28.8. The summed E-state index contributed by atoms with van der Waals surface area (Å²) in [5.74, 6) is -1.49. The third kappa shape index (κ3) is 5.03. The van der Waals surface area contributed by atoms with E-state index in [1.807, 2.05) is 11.8 Å². The molecule has 0 radical (unpaired) electrons. The number of benzene rings is 1. The van der Waals surface area contributed by atoms with Crippen LogP contribution in [0.4, 0.5) is 8.78 Å². The Kier molecular flexibility index (Phi) is 6.42. The number of rotatable bonds is 8. The summed E-state index contributed by atoms with van der Waals surface area (Å²) in [5.41, 5.74) is 0.200. The maximum atomic E-state index is 14.0. The van der Waals surface area contributed by atoms with Crippen molar-refractivity contribution in [2.75, 3.05) is 26.2 Å². The van der Waals surface area contributed by atoms with Crippen LogP contribution in [-0.4, -0.2) is 53.8 Å². The van der Waals surface area contributed by atoms with Crippen LogP contribution in [0.3, 0.4) is 0 Å². The van der Waals surface area contributed by atoms with Crippen LogP contribution in [0.1, 0.15) is 38.2 Å². The number of halogens is 2. The van der Waals surface area contributed by atoms with Gasteiger partial charge in [-0.05, 0) is 31.2 Å². The van der Waals surface area contributed by atoms with Crippen LogP contribution in [0.2, 0.25) is 0 Å². The Balaban J connectivity index is 1.70. The Hall–Kier alpha value is -2.02. The van der Waals surface area contributed by atoms with E-state index in [0.717, 1.165) is 31.9 Å². The summed E-state index contributed by atoms with van der Waals surface area (Å²) in [6, 6.07) is 3.38. The van der Waals surface area contributed by atoms with Gasteiger partial charge in [0.25, 0.3) is 0 Å². The lowest BCUT2D eigenvalue weighted by atomic mass is 10.1. The smallest absolute Gasteiger partial charge is 0.237 e. The molecule has 5 nitrogen and oxygen atoms in total. The van der Waals surface area contributed by atoms with Gasteiger partial charge in [-0.15, -0.1) is 0 Å². The third-order valence-electron chi connectivity index (χ3n) is 5.24. The van der Waals surface area contributed by atoms with Gasteiger partial charge in [0, 0.05) is 38.3 Å². The molecule has 2 fully saturated rings. The molecule has 3 rings (SSSR count). The number of carbonyl (C=O) groups is 2. The van der Waals surface area contributed by atoms with Crippen molar-refractivity contribution >= 4 is 11.8 Å². The van der Waals surface area contributed by atoms with Gasteiger partial charge in [-0.25, -0.2) is 8.78 Å². The maximum Gasteiger partial charge on any atom is 0.237 e. The van der Waals surface area contributed by atoms with Gasteiger partial charge in [0.05, 0.1) is 12.5 Å². The van der Waals surface area contributed by atoms with Crippen LogP contribution >= 0.6 is 0 Å². The predicted octanol–water partition coefficient (Wildman–Crippen LogP) is 2.30. The molecule has 0 spiro atoms. The zero-order chi connectivity index (χ0) is 19.4. The second kappa shape index (κ2) is 8.78. The maximum absolute atomic E-state index is 14.0. The first-order valence-electron chi connectivity index (χ1n) is 9.72. The summed E-state index contributed by atoms with van der Waals surface area (Å²) < 4.78 is 27.5. The first-order valence-corrected chi connectivity index (χ1v) is 9.72. The lowest BCUT2D eigenvalue weighted by molar-refractivity contribution is -0.139. The van der Waals surface area contributed by atoms with E-state index in [2.05, 4.69) is 5.32 Å². The van der Waals surface area contributed by atoms with E-state index in [0.29, 0.717) is 25.6 Å². The van der Waals surface area contributed by atoms with Gasteiger partial charge in [-0.3, -0.25) is 14.5 Å². The molecule has 1 atom stereocenters. The van der Waals surface area contributed by atoms with Crippen molar-refractivity contribution in [1.82, 2.24) is 15.1 Å². The molecule has 27 heavy (non-hydrogen) atoms. The minimum atomic E-state index is -0.903. The van der Waals surface area contributed by atoms with Gasteiger partial charge < -0.3 is 10.2 Å². The van der Waals surface area contributed by atoms with E-state index in [-0.39, 0.29) is 30.3 Å². The first-order chi connectivity index (χ1) is 13.0. The van der Waals surface area contributed by atoms with E-state index < -0.39 is 17.7 Å². The van der Waals surface area contributed by atoms with Gasteiger partial charge in [-0.2, -0.15) is 0 Å². The molecular formula is C20H27F2N3O2. The molecule has 0 bridgehead atoms. The summed E-state index contributed by atoms with van der Waals surface area (Å²) in [5, 5.41) is 2.78. The fraction of sp³-hybridized carbons (Fsp3) is 0.600. The van der Waals surface area contributed by atoms with Gasteiger partial charge in [0.1, 0.15) is 0 Å². The van der Waals surface area contributed by atoms with E-state index in [1.54, 1.807) is 4.90 Å². The summed E-state index contributed by atoms with van der Waals surface area (Å²) >= 11 is 0. The summed E-state index contributed by atoms with van der Waals surface area (Å²) in [6.45, 7) is 4.49. The molecule has 1 aromatic rings. The Morgan fingerprint density at radius 2 is 2.11 bits per heavy atom. The zero-order valence-electron chi connectivity index (χ0n) is 15.7. The molecule has 2 aliphatic rings. The second-order valence-electron chi connectivity index (χ2n) is 7.48. The van der Waals surface area contributed by atoms with Crippen molar-refractivity contribution < 1.29 is 18.4 Å². The molecule has 1 N–H and O–H groups in total. The zero-order valence-corrected chi connectivity index (χ0v) is 15.7. The molecule has 1 unspecified atom stereocenters. The Morgan fingerprint density at radius 3 is 2.81 bits per heavy atom. The highest BCUT2D eigenvalue weighted by molar-refractivity contribution is 5.88. The monoisotopic (exact) mass is 379 g/mol. The van der Waals surface area contributed by atoms with Gasteiger partial charge >= 0.3 is 0 Å². The number of piperazine rings is 1. The minimum Gasteiger partial charge on any atom is -0.353 e. The summed E-state index contributed by atoms with van der Waals surface area (Å²) in [7, 11) is 0. The highest BCUT2D eigenvalue weighted by atomic mass is 19.2. The average Bonchev–Trinajstić information content (AvgIpc) is 3.45. The third-order valence-corrected chi connectivity index (χ3v) is 5.24. The molecule has 0 aromatic heterocycles. The second-order valence-corrected chi connectivity index (χ2v) is 7.48. The van der Waals surface area contributed by atoms with Crippen LogP contribution in [0.25, 0.3) is 0 Å². The van der Waals surface area contributed by atoms with Crippen molar-refractivity contribution in [2.45, 2.75) is 45.2 Å². The molecule has 1 aromatic carbocycles. The Morgan fingerprint density at radius 1 is 1.33 bits per heavy atom. The minimum absolute atomic E-state index is 0.0458. The van der Waals surface area contributed by atoms with E-state index >= 15 is 0 Å². The topological polar surface area (TPSA) is 52.7 Å². The van der Waals surface area contributed by atoms with Crippen LogP contribution in [0.5, 0.6) is 0 Å². The molecule has 7 heteroatoms. The number of nitrogens with one attached hydrogen (secondary N) is 1. The number of amides is 2. The molecule has 1 heterocycles. The Labute approximate surface area is 158 Å². The molecule has 2 amide bonds. The number of hydrogen-bond donors (Lipinski definition) is 1. The van der Waals surface area contributed by atoms with Crippen LogP contribution in [0, 0.1) is 17.6 Å². The van der Waals surface area contributed by atoms with E-state index in [4.69, 9.17) is 0 Å². The predicted molar refractivity (Wildman–Crippen MR) is 97.8 cm³/mol. The highest BCUT2D eigenvalue weighted by Crippen LogP contribution is 2.30. The van der Waals surface area contributed by atoms with Crippen LogP contribution in [0.15, 0.2) is 18.2 Å². The first kappa shape index (κ1) is 19.7. The molecule has 1 aliphatic heterocycles. The van der Waals surface area contributed by atoms with Crippen molar-refractivity contribution in [3.8, 4) is 0 Å². The molecular weight excluding hydrogens is 352 g/mol. The fourth-order valence-electron chi connectivity index (χ4n) is 3.56. The average molecular weight is 379 g/mol.